The van der Waals surface area contributed by atoms with Crippen LogP contribution in [0, 0.1) is 5.82 Å². The van der Waals surface area contributed by atoms with Gasteiger partial charge in [0.2, 0.25) is 0 Å². The van der Waals surface area contributed by atoms with Gasteiger partial charge in [0.05, 0.1) is 13.3 Å². The Balaban J connectivity index is 1.46. The van der Waals surface area contributed by atoms with Gasteiger partial charge in [-0.3, -0.25) is 9.29 Å². The molecule has 7 heteroatoms. The Morgan fingerprint density at radius 3 is 2.57 bits per heavy atom. The van der Waals surface area contributed by atoms with E-state index in [9.17, 15) is 9.50 Å². The molecule has 37 heavy (non-hydrogen) atoms. The van der Waals surface area contributed by atoms with Gasteiger partial charge in [0.1, 0.15) is 29.2 Å². The second-order valence-electron chi connectivity index (χ2n) is 9.29. The summed E-state index contributed by atoms with van der Waals surface area (Å²) in [5.74, 6) is 1.76. The molecule has 2 heterocycles. The predicted octanol–water partition coefficient (Wildman–Crippen LogP) is 6.81. The Bertz CT molecular complexity index is 1280. The maximum absolute atomic E-state index is 15.3. The molecule has 3 aromatic rings. The smallest absolute Gasteiger partial charge is 0.134 e. The summed E-state index contributed by atoms with van der Waals surface area (Å²) in [7, 11) is 0. The number of halogens is 2. The second-order valence-corrected chi connectivity index (χ2v) is 10.3. The van der Waals surface area contributed by atoms with Crippen molar-refractivity contribution in [2.24, 2.45) is 0 Å². The maximum Gasteiger partial charge on any atom is 0.134 e. The Hall–Kier alpha value is -3.03. The van der Waals surface area contributed by atoms with E-state index in [0.29, 0.717) is 30.1 Å². The first-order valence-electron chi connectivity index (χ1n) is 12.7. The fourth-order valence-electron chi connectivity index (χ4n) is 5.03. The molecule has 0 saturated carbocycles. The number of nitrogens with zero attached hydrogens (tertiary/aromatic N) is 1. The van der Waals surface area contributed by atoms with Gasteiger partial charge >= 0.3 is 0 Å². The van der Waals surface area contributed by atoms with E-state index in [-0.39, 0.29) is 24.3 Å². The lowest BCUT2D eigenvalue weighted by molar-refractivity contribution is 0.198. The third-order valence-corrected chi connectivity index (χ3v) is 7.85. The van der Waals surface area contributed by atoms with Gasteiger partial charge in [-0.25, -0.2) is 4.39 Å². The van der Waals surface area contributed by atoms with Crippen LogP contribution in [-0.4, -0.2) is 54.8 Å². The molecule has 0 bridgehead atoms. The van der Waals surface area contributed by atoms with Crippen molar-refractivity contribution in [1.29, 1.82) is 0 Å². The van der Waals surface area contributed by atoms with Crippen LogP contribution in [0.1, 0.15) is 36.5 Å². The lowest BCUT2D eigenvalue weighted by Crippen LogP contribution is -2.26. The highest BCUT2D eigenvalue weighted by Crippen LogP contribution is 2.46. The quantitative estimate of drug-likeness (QED) is 0.334. The molecule has 2 aliphatic rings. The zero-order valence-electron chi connectivity index (χ0n) is 20.9. The highest BCUT2D eigenvalue weighted by molar-refractivity contribution is 7.99. The monoisotopic (exact) mass is 523 g/mol. The number of phenols is 1. The van der Waals surface area contributed by atoms with Crippen LogP contribution in [-0.2, 0) is 0 Å². The molecule has 1 N–H and O–H groups in total. The number of rotatable bonds is 9. The summed E-state index contributed by atoms with van der Waals surface area (Å²) < 4.78 is 39.5. The van der Waals surface area contributed by atoms with E-state index >= 15 is 4.39 Å². The largest absolute Gasteiger partial charge is 0.508 e. The van der Waals surface area contributed by atoms with Crippen LogP contribution in [0.2, 0.25) is 0 Å². The lowest BCUT2D eigenvalue weighted by atomic mass is 9.89. The number of thioether (sulfide) groups is 1. The van der Waals surface area contributed by atoms with Crippen LogP contribution in [0.15, 0.2) is 65.6 Å². The molecular weight excluding hydrogens is 492 g/mol. The van der Waals surface area contributed by atoms with Gasteiger partial charge in [0, 0.05) is 41.9 Å². The van der Waals surface area contributed by atoms with Gasteiger partial charge in [0.25, 0.3) is 0 Å². The predicted molar refractivity (Wildman–Crippen MR) is 145 cm³/mol. The summed E-state index contributed by atoms with van der Waals surface area (Å²) in [4.78, 5) is 3.21. The molecule has 194 valence electrons. The van der Waals surface area contributed by atoms with E-state index in [0.717, 1.165) is 59.0 Å². The van der Waals surface area contributed by atoms with Crippen LogP contribution >= 0.6 is 11.8 Å². The van der Waals surface area contributed by atoms with E-state index in [2.05, 4.69) is 4.90 Å². The van der Waals surface area contributed by atoms with Crippen molar-refractivity contribution < 1.29 is 23.4 Å². The fourth-order valence-corrected chi connectivity index (χ4v) is 6.16. The van der Waals surface area contributed by atoms with Crippen molar-refractivity contribution in [1.82, 2.24) is 4.90 Å². The molecule has 0 radical (unpaired) electrons. The summed E-state index contributed by atoms with van der Waals surface area (Å²) in [6.07, 6.45) is 1.58. The number of ether oxygens (including phenoxy) is 2. The Kier molecular flexibility index (Phi) is 8.01. The average molecular weight is 524 g/mol. The van der Waals surface area contributed by atoms with E-state index in [1.54, 1.807) is 36.0 Å². The van der Waals surface area contributed by atoms with Crippen molar-refractivity contribution in [3.8, 4) is 17.2 Å². The molecule has 4 nitrogen and oxygen atoms in total. The molecular formula is C30H31F2NO3S. The standard InChI is InChI=1S/C30H31F2NO3S/c1-2-35-23-9-11-25(28(32)17-23)27-19-37-29-16-21(34)6-10-26(29)30(27)20-4-7-22(8-5-20)36-24-12-15-33(18-24)14-3-13-31/h4-11,16-17,24,34H,2-3,12-15,18-19H2,1H3/t24-/m0/s1. The third kappa shape index (κ3) is 5.78. The zero-order valence-corrected chi connectivity index (χ0v) is 21.7. The zero-order chi connectivity index (χ0) is 25.8. The Morgan fingerprint density at radius 1 is 1.03 bits per heavy atom. The summed E-state index contributed by atoms with van der Waals surface area (Å²) in [6, 6.07) is 18.3. The molecule has 1 atom stereocenters. The number of alkyl halides is 1. The second kappa shape index (κ2) is 11.6. The molecule has 1 fully saturated rings. The van der Waals surface area contributed by atoms with Crippen LogP contribution in [0.5, 0.6) is 17.2 Å². The normalized spacial score (nSPS) is 17.6. The van der Waals surface area contributed by atoms with Gasteiger partial charge in [0.15, 0.2) is 0 Å². The van der Waals surface area contributed by atoms with Crippen LogP contribution < -0.4 is 9.47 Å². The van der Waals surface area contributed by atoms with Crippen LogP contribution in [0.4, 0.5) is 8.78 Å². The molecule has 5 rings (SSSR count). The van der Waals surface area contributed by atoms with Gasteiger partial charge in [-0.05, 0) is 84.5 Å². The topological polar surface area (TPSA) is 41.9 Å². The molecule has 0 spiro atoms. The first-order valence-corrected chi connectivity index (χ1v) is 13.7. The molecule has 0 amide bonds. The van der Waals surface area contributed by atoms with E-state index < -0.39 is 0 Å². The van der Waals surface area contributed by atoms with Crippen LogP contribution in [0.25, 0.3) is 11.1 Å². The molecule has 3 aromatic carbocycles. The van der Waals surface area contributed by atoms with E-state index in [1.807, 2.05) is 37.3 Å². The first-order chi connectivity index (χ1) is 18.1. The first kappa shape index (κ1) is 25.6. The minimum absolute atomic E-state index is 0.0907. The van der Waals surface area contributed by atoms with Crippen LogP contribution in [0.3, 0.4) is 0 Å². The SMILES string of the molecule is CCOc1ccc(C2=C(c3ccc(O[C@H]4CCN(CCCF)C4)cc3)c3ccc(O)cc3SC2)c(F)c1. The number of hydrogen-bond donors (Lipinski definition) is 1. The van der Waals surface area contributed by atoms with Crippen molar-refractivity contribution >= 4 is 22.9 Å². The number of hydrogen-bond acceptors (Lipinski definition) is 5. The highest BCUT2D eigenvalue weighted by atomic mass is 32.2. The number of aromatic hydroxyl groups is 1. The van der Waals surface area contributed by atoms with E-state index in [4.69, 9.17) is 9.47 Å². The molecule has 0 unspecified atom stereocenters. The third-order valence-electron chi connectivity index (χ3n) is 6.77. The molecule has 0 aliphatic carbocycles. The lowest BCUT2D eigenvalue weighted by Gasteiger charge is -2.25. The summed E-state index contributed by atoms with van der Waals surface area (Å²) >= 11 is 1.59. The minimum atomic E-state index is -0.320. The number of likely N-dealkylation sites (tertiary alicyclic amines) is 1. The van der Waals surface area contributed by atoms with Gasteiger partial charge < -0.3 is 14.6 Å². The summed E-state index contributed by atoms with van der Waals surface area (Å²) in [5, 5.41) is 10.0. The van der Waals surface area contributed by atoms with E-state index in [1.165, 1.54) is 6.07 Å². The summed E-state index contributed by atoms with van der Waals surface area (Å²) in [5.41, 5.74) is 4.31. The minimum Gasteiger partial charge on any atom is -0.508 e. The number of fused-ring (bicyclic) bond motifs is 1. The molecule has 1 saturated heterocycles. The number of benzene rings is 3. The van der Waals surface area contributed by atoms with Gasteiger partial charge in [-0.15, -0.1) is 11.8 Å². The van der Waals surface area contributed by atoms with Gasteiger partial charge in [-0.1, -0.05) is 12.1 Å². The van der Waals surface area contributed by atoms with Crippen molar-refractivity contribution in [3.05, 3.63) is 83.2 Å². The summed E-state index contributed by atoms with van der Waals surface area (Å²) in [6.45, 7) is 4.56. The molecule has 2 aliphatic heterocycles. The molecule has 0 aromatic heterocycles. The number of phenolic OH excluding ortho intramolecular Hbond substituents is 1. The highest BCUT2D eigenvalue weighted by Gasteiger charge is 2.26. The fraction of sp³-hybridized carbons (Fsp3) is 0.333. The van der Waals surface area contributed by atoms with Crippen molar-refractivity contribution in [2.75, 3.05) is 38.7 Å². The average Bonchev–Trinajstić information content (AvgIpc) is 3.35. The van der Waals surface area contributed by atoms with Gasteiger partial charge in [-0.2, -0.15) is 0 Å². The van der Waals surface area contributed by atoms with Crippen molar-refractivity contribution in [2.45, 2.75) is 30.8 Å². The Morgan fingerprint density at radius 2 is 1.81 bits per heavy atom. The van der Waals surface area contributed by atoms with Crippen molar-refractivity contribution in [3.63, 3.8) is 0 Å². The Labute approximate surface area is 220 Å². The maximum atomic E-state index is 15.3.